The van der Waals surface area contributed by atoms with Crippen LogP contribution in [0, 0.1) is 0 Å². The first-order valence-corrected chi connectivity index (χ1v) is 2.68. The molecule has 1 heterocycles. The van der Waals surface area contributed by atoms with Crippen molar-refractivity contribution in [3.8, 4) is 0 Å². The maximum Gasteiger partial charge on any atom is 0.111 e. The van der Waals surface area contributed by atoms with Crippen LogP contribution in [0.3, 0.4) is 0 Å². The van der Waals surface area contributed by atoms with Crippen LogP contribution in [0.25, 0.3) is 0 Å². The largest absolute Gasteiger partial charge is 0.374 e. The van der Waals surface area contributed by atoms with Crippen LogP contribution in [0.4, 0.5) is 0 Å². The summed E-state index contributed by atoms with van der Waals surface area (Å²) in [6.45, 7) is 2.93. The maximum atomic E-state index is 3.85. The van der Waals surface area contributed by atoms with Crippen LogP contribution in [0.2, 0.25) is 0 Å². The number of nitrogens with zero attached hydrogens (tertiary/aromatic N) is 2. The summed E-state index contributed by atoms with van der Waals surface area (Å²) in [6, 6.07) is 0. The van der Waals surface area contributed by atoms with E-state index < -0.39 is 0 Å². The first-order chi connectivity index (χ1) is 3.89. The lowest BCUT2D eigenvalue weighted by Crippen LogP contribution is -2.12. The van der Waals surface area contributed by atoms with Gasteiger partial charge in [-0.3, -0.25) is 0 Å². The highest BCUT2D eigenvalue weighted by Gasteiger charge is 1.91. The molecule has 0 unspecified atom stereocenters. The Morgan fingerprint density at radius 1 is 1.75 bits per heavy atom. The van der Waals surface area contributed by atoms with Crippen molar-refractivity contribution in [1.29, 1.82) is 0 Å². The highest BCUT2D eigenvalue weighted by molar-refractivity contribution is 5.83. The van der Waals surface area contributed by atoms with Crippen LogP contribution >= 0.6 is 0 Å². The first-order valence-electron chi connectivity index (χ1n) is 2.68. The third-order valence-electron chi connectivity index (χ3n) is 1.01. The molecule has 0 aromatic heterocycles. The van der Waals surface area contributed by atoms with E-state index in [1.54, 1.807) is 6.34 Å². The molecule has 0 radical (unpaired) electrons. The van der Waals surface area contributed by atoms with Gasteiger partial charge in [0.2, 0.25) is 0 Å². The molecule has 0 spiro atoms. The number of hydrogen-bond acceptors (Lipinski definition) is 3. The first kappa shape index (κ1) is 5.28. The molecule has 0 bridgehead atoms. The summed E-state index contributed by atoms with van der Waals surface area (Å²) in [5.74, 6) is 0. The van der Waals surface area contributed by atoms with Crippen molar-refractivity contribution < 1.29 is 0 Å². The van der Waals surface area contributed by atoms with E-state index in [1.807, 2.05) is 6.92 Å². The van der Waals surface area contributed by atoms with Crippen LogP contribution in [-0.4, -0.2) is 18.6 Å². The molecule has 3 nitrogen and oxygen atoms in total. The van der Waals surface area contributed by atoms with E-state index in [9.17, 15) is 0 Å². The van der Waals surface area contributed by atoms with Gasteiger partial charge >= 0.3 is 0 Å². The summed E-state index contributed by atoms with van der Waals surface area (Å²) in [6.07, 6.45) is 2.62. The standard InChI is InChI=1S/C5H9N3/c1-5-2-3-6-4-7-8-5/h4H,2-3H2,1H3,(H,6,7). The van der Waals surface area contributed by atoms with E-state index >= 15 is 0 Å². The van der Waals surface area contributed by atoms with Gasteiger partial charge in [-0.2, -0.15) is 5.10 Å². The van der Waals surface area contributed by atoms with Crippen molar-refractivity contribution in [2.75, 3.05) is 6.54 Å². The quantitative estimate of drug-likeness (QED) is 0.482. The molecular formula is C5H9N3. The predicted octanol–water partition coefficient (Wildman–Crippen LogP) is 0.384. The van der Waals surface area contributed by atoms with Gasteiger partial charge in [0, 0.05) is 18.7 Å². The van der Waals surface area contributed by atoms with Gasteiger partial charge in [-0.1, -0.05) is 0 Å². The lowest BCUT2D eigenvalue weighted by molar-refractivity contribution is 0.937. The molecule has 0 fully saturated rings. The molecule has 0 amide bonds. The number of rotatable bonds is 0. The molecule has 3 heteroatoms. The van der Waals surface area contributed by atoms with Crippen molar-refractivity contribution in [3.05, 3.63) is 0 Å². The fraction of sp³-hybridized carbons (Fsp3) is 0.600. The topological polar surface area (TPSA) is 36.8 Å². The van der Waals surface area contributed by atoms with E-state index in [0.717, 1.165) is 18.7 Å². The van der Waals surface area contributed by atoms with Crippen molar-refractivity contribution in [3.63, 3.8) is 0 Å². The van der Waals surface area contributed by atoms with Gasteiger partial charge in [-0.15, -0.1) is 5.10 Å². The minimum atomic E-state index is 0.957. The van der Waals surface area contributed by atoms with Crippen molar-refractivity contribution in [2.24, 2.45) is 10.2 Å². The smallest absolute Gasteiger partial charge is 0.111 e. The third kappa shape index (κ3) is 1.33. The molecule has 1 aliphatic heterocycles. The molecule has 8 heavy (non-hydrogen) atoms. The molecular weight excluding hydrogens is 102 g/mol. The molecule has 0 aromatic carbocycles. The fourth-order valence-electron chi connectivity index (χ4n) is 0.536. The fourth-order valence-corrected chi connectivity index (χ4v) is 0.536. The van der Waals surface area contributed by atoms with E-state index in [1.165, 1.54) is 0 Å². The maximum absolute atomic E-state index is 3.85. The Morgan fingerprint density at radius 2 is 2.62 bits per heavy atom. The van der Waals surface area contributed by atoms with Crippen LogP contribution in [0.15, 0.2) is 10.2 Å². The monoisotopic (exact) mass is 111 g/mol. The van der Waals surface area contributed by atoms with Crippen LogP contribution in [0.5, 0.6) is 0 Å². The SMILES string of the molecule is CC1=NN=CNCC1. The molecule has 1 rings (SSSR count). The van der Waals surface area contributed by atoms with E-state index in [4.69, 9.17) is 0 Å². The van der Waals surface area contributed by atoms with Gasteiger partial charge in [-0.25, -0.2) is 0 Å². The van der Waals surface area contributed by atoms with Gasteiger partial charge in [0.15, 0.2) is 0 Å². The second kappa shape index (κ2) is 2.45. The molecule has 44 valence electrons. The van der Waals surface area contributed by atoms with Crippen LogP contribution < -0.4 is 5.32 Å². The van der Waals surface area contributed by atoms with Gasteiger partial charge in [0.05, 0.1) is 0 Å². The molecule has 0 saturated heterocycles. The Morgan fingerprint density at radius 3 is 3.50 bits per heavy atom. The number of hydrogen-bond donors (Lipinski definition) is 1. The summed E-state index contributed by atoms with van der Waals surface area (Å²) < 4.78 is 0. The summed E-state index contributed by atoms with van der Waals surface area (Å²) in [7, 11) is 0. The highest BCUT2D eigenvalue weighted by Crippen LogP contribution is 1.87. The van der Waals surface area contributed by atoms with Gasteiger partial charge in [0.1, 0.15) is 6.34 Å². The summed E-state index contributed by atoms with van der Waals surface area (Å²) in [4.78, 5) is 0. The number of nitrogens with one attached hydrogen (secondary N) is 1. The third-order valence-corrected chi connectivity index (χ3v) is 1.01. The molecule has 1 aliphatic rings. The Kier molecular flexibility index (Phi) is 1.62. The predicted molar refractivity (Wildman–Crippen MR) is 34.2 cm³/mol. The van der Waals surface area contributed by atoms with E-state index in [-0.39, 0.29) is 0 Å². The van der Waals surface area contributed by atoms with Crippen LogP contribution in [-0.2, 0) is 0 Å². The summed E-state index contributed by atoms with van der Waals surface area (Å²) in [5, 5.41) is 10.5. The zero-order chi connectivity index (χ0) is 5.82. The Balaban J connectivity index is 2.52. The van der Waals surface area contributed by atoms with E-state index in [0.29, 0.717) is 0 Å². The van der Waals surface area contributed by atoms with E-state index in [2.05, 4.69) is 15.5 Å². The second-order valence-electron chi connectivity index (χ2n) is 1.78. The van der Waals surface area contributed by atoms with Crippen molar-refractivity contribution in [1.82, 2.24) is 5.32 Å². The summed E-state index contributed by atoms with van der Waals surface area (Å²) >= 11 is 0. The van der Waals surface area contributed by atoms with Crippen molar-refractivity contribution >= 4 is 12.1 Å². The lowest BCUT2D eigenvalue weighted by atomic mass is 10.3. The minimum Gasteiger partial charge on any atom is -0.374 e. The normalized spacial score (nSPS) is 18.9. The van der Waals surface area contributed by atoms with Crippen molar-refractivity contribution in [2.45, 2.75) is 13.3 Å². The second-order valence-corrected chi connectivity index (χ2v) is 1.78. The molecule has 0 saturated carbocycles. The molecule has 0 atom stereocenters. The minimum absolute atomic E-state index is 0.957. The molecule has 0 aliphatic carbocycles. The van der Waals surface area contributed by atoms with Crippen LogP contribution in [0.1, 0.15) is 13.3 Å². The lowest BCUT2D eigenvalue weighted by Gasteiger charge is -1.91. The zero-order valence-electron chi connectivity index (χ0n) is 4.89. The molecule has 1 N–H and O–H groups in total. The molecule has 0 aromatic rings. The van der Waals surface area contributed by atoms with Gasteiger partial charge in [-0.05, 0) is 6.92 Å². The Bertz CT molecular complexity index is 126. The Labute approximate surface area is 48.5 Å². The Hall–Kier alpha value is -0.860. The van der Waals surface area contributed by atoms with Gasteiger partial charge < -0.3 is 5.32 Å². The average molecular weight is 111 g/mol. The average Bonchev–Trinajstić information content (AvgIpc) is 1.94. The highest BCUT2D eigenvalue weighted by atomic mass is 15.2. The zero-order valence-corrected chi connectivity index (χ0v) is 4.89. The van der Waals surface area contributed by atoms with Gasteiger partial charge in [0.25, 0.3) is 0 Å². The summed E-state index contributed by atoms with van der Waals surface area (Å²) in [5.41, 5.74) is 1.09.